The van der Waals surface area contributed by atoms with E-state index >= 15 is 0 Å². The molecule has 4 aromatic carbocycles. The summed E-state index contributed by atoms with van der Waals surface area (Å²) in [4.78, 5) is 50.9. The SMILES string of the molecule is COc1ccc(C2=N[C@@H](c3ccc(Cl)cc3)[C@@H](c3ccc(Cl)cc3)N2C(=O)N2CCN(CCNC(=O)c3ccc(O)c(O)c3)C(=O)C2)c(OC(C)C)c1. The van der Waals surface area contributed by atoms with Crippen LogP contribution < -0.4 is 14.8 Å². The van der Waals surface area contributed by atoms with Crippen LogP contribution in [0.4, 0.5) is 4.79 Å². The van der Waals surface area contributed by atoms with Crippen LogP contribution >= 0.6 is 23.2 Å². The van der Waals surface area contributed by atoms with E-state index < -0.39 is 29.8 Å². The smallest absolute Gasteiger partial charge is 0.326 e. The Balaban J connectivity index is 1.30. The Bertz CT molecular complexity index is 2020. The molecule has 1 saturated heterocycles. The summed E-state index contributed by atoms with van der Waals surface area (Å²) < 4.78 is 11.8. The second kappa shape index (κ2) is 16.1. The van der Waals surface area contributed by atoms with Crippen molar-refractivity contribution in [2.75, 3.05) is 39.8 Å². The third-order valence-electron chi connectivity index (χ3n) is 8.98. The van der Waals surface area contributed by atoms with Gasteiger partial charge in [-0.1, -0.05) is 47.5 Å². The fourth-order valence-corrected chi connectivity index (χ4v) is 6.60. The van der Waals surface area contributed by atoms with Crippen LogP contribution in [0.25, 0.3) is 0 Å². The molecule has 276 valence electrons. The number of benzene rings is 4. The maximum Gasteiger partial charge on any atom is 0.326 e. The summed E-state index contributed by atoms with van der Waals surface area (Å²) in [5.74, 6) is -0.0781. The molecule has 4 amide bonds. The minimum Gasteiger partial charge on any atom is -0.504 e. The van der Waals surface area contributed by atoms with Gasteiger partial charge in [-0.2, -0.15) is 0 Å². The van der Waals surface area contributed by atoms with Crippen LogP contribution in [0.5, 0.6) is 23.0 Å². The summed E-state index contributed by atoms with van der Waals surface area (Å²) in [6, 6.07) is 22.1. The van der Waals surface area contributed by atoms with Crippen molar-refractivity contribution in [1.29, 1.82) is 0 Å². The lowest BCUT2D eigenvalue weighted by molar-refractivity contribution is -0.134. The van der Waals surface area contributed by atoms with Gasteiger partial charge in [0.2, 0.25) is 5.91 Å². The van der Waals surface area contributed by atoms with Crippen LogP contribution in [0, 0.1) is 0 Å². The van der Waals surface area contributed by atoms with Crippen LogP contribution in [0.3, 0.4) is 0 Å². The van der Waals surface area contributed by atoms with E-state index in [0.29, 0.717) is 32.9 Å². The third kappa shape index (κ3) is 8.29. The number of hydrogen-bond donors (Lipinski definition) is 3. The summed E-state index contributed by atoms with van der Waals surface area (Å²) in [5, 5.41) is 23.1. The van der Waals surface area contributed by atoms with Gasteiger partial charge in [0.1, 0.15) is 29.9 Å². The number of phenols is 2. The molecule has 0 spiro atoms. The van der Waals surface area contributed by atoms with Crippen molar-refractivity contribution < 1.29 is 34.1 Å². The Kier molecular flexibility index (Phi) is 11.3. The summed E-state index contributed by atoms with van der Waals surface area (Å²) in [6.07, 6.45) is -0.199. The van der Waals surface area contributed by atoms with Crippen molar-refractivity contribution in [3.63, 3.8) is 0 Å². The average molecular weight is 761 g/mol. The molecule has 0 bridgehead atoms. The number of phenolic OH excluding ortho intramolecular Hbond substituents is 2. The minimum atomic E-state index is -0.632. The maximum atomic E-state index is 14.9. The van der Waals surface area contributed by atoms with Crippen LogP contribution in [0.1, 0.15) is 53.0 Å². The summed E-state index contributed by atoms with van der Waals surface area (Å²) in [6.45, 7) is 4.43. The highest BCUT2D eigenvalue weighted by Crippen LogP contribution is 2.46. The van der Waals surface area contributed by atoms with E-state index in [9.17, 15) is 24.6 Å². The topological polar surface area (TPSA) is 144 Å². The number of hydrogen-bond acceptors (Lipinski definition) is 8. The largest absolute Gasteiger partial charge is 0.504 e. The number of ether oxygens (including phenoxy) is 2. The van der Waals surface area contributed by atoms with Crippen LogP contribution in [-0.4, -0.2) is 94.5 Å². The molecule has 0 saturated carbocycles. The van der Waals surface area contributed by atoms with Gasteiger partial charge < -0.3 is 34.8 Å². The van der Waals surface area contributed by atoms with Gasteiger partial charge in [-0.25, -0.2) is 4.79 Å². The number of carbonyl (C=O) groups excluding carboxylic acids is 3. The molecule has 12 nitrogen and oxygen atoms in total. The number of halogens is 2. The van der Waals surface area contributed by atoms with Gasteiger partial charge in [-0.3, -0.25) is 19.5 Å². The fraction of sp³-hybridized carbons (Fsp3) is 0.282. The Morgan fingerprint density at radius 3 is 2.21 bits per heavy atom. The number of aliphatic imine (C=N–C) groups is 1. The number of amides is 4. The zero-order chi connectivity index (χ0) is 37.8. The Morgan fingerprint density at radius 1 is 0.906 bits per heavy atom. The standard InChI is InChI=1S/C39H39Cl2N5O7/c1-23(2)53-33-21-29(52-3)13-14-30(33)37-43-35(24-4-9-27(40)10-5-24)36(25-6-11-28(41)12-7-25)46(37)39(51)45-19-18-44(34(49)22-45)17-16-42-38(50)26-8-15-31(47)32(48)20-26/h4-15,20-21,23,35-36,47-48H,16-19,22H2,1-3H3,(H,42,50)/t35-,36+/m0/s1. The quantitative estimate of drug-likeness (QED) is 0.158. The number of carbonyl (C=O) groups is 3. The van der Waals surface area contributed by atoms with Gasteiger partial charge >= 0.3 is 6.03 Å². The van der Waals surface area contributed by atoms with E-state index in [4.69, 9.17) is 37.7 Å². The molecule has 0 unspecified atom stereocenters. The molecular weight excluding hydrogens is 721 g/mol. The number of aromatic hydroxyl groups is 2. The van der Waals surface area contributed by atoms with Crippen LogP contribution in [-0.2, 0) is 4.79 Å². The van der Waals surface area contributed by atoms with Crippen LogP contribution in [0.2, 0.25) is 10.0 Å². The third-order valence-corrected chi connectivity index (χ3v) is 9.49. The fourth-order valence-electron chi connectivity index (χ4n) is 6.35. The number of rotatable bonds is 10. The van der Waals surface area contributed by atoms with Crippen molar-refractivity contribution >= 4 is 46.9 Å². The number of piperazine rings is 1. The first-order chi connectivity index (χ1) is 25.4. The van der Waals surface area contributed by atoms with E-state index in [0.717, 1.165) is 17.2 Å². The van der Waals surface area contributed by atoms with Gasteiger partial charge in [0.25, 0.3) is 5.91 Å². The number of urea groups is 1. The zero-order valence-electron chi connectivity index (χ0n) is 29.3. The average Bonchev–Trinajstić information content (AvgIpc) is 3.53. The molecule has 14 heteroatoms. The predicted molar refractivity (Wildman–Crippen MR) is 201 cm³/mol. The van der Waals surface area contributed by atoms with E-state index in [2.05, 4.69) is 5.32 Å². The van der Waals surface area contributed by atoms with Crippen molar-refractivity contribution in [2.45, 2.75) is 32.0 Å². The summed E-state index contributed by atoms with van der Waals surface area (Å²) in [5.41, 5.74) is 2.35. The number of nitrogens with zero attached hydrogens (tertiary/aromatic N) is 4. The normalized spacial score (nSPS) is 17.2. The van der Waals surface area contributed by atoms with E-state index in [1.165, 1.54) is 17.0 Å². The molecule has 2 heterocycles. The minimum absolute atomic E-state index is 0.139. The number of nitrogens with one attached hydrogen (secondary N) is 1. The molecule has 2 atom stereocenters. The Hall–Kier alpha value is -5.46. The second-order valence-corrected chi connectivity index (χ2v) is 13.8. The number of methoxy groups -OCH3 is 1. The lowest BCUT2D eigenvalue weighted by atomic mass is 9.93. The van der Waals surface area contributed by atoms with Crippen LogP contribution in [0.15, 0.2) is 89.9 Å². The molecule has 4 aromatic rings. The summed E-state index contributed by atoms with van der Waals surface area (Å²) in [7, 11) is 1.57. The number of amidine groups is 1. The Morgan fingerprint density at radius 2 is 1.58 bits per heavy atom. The highest BCUT2D eigenvalue weighted by Gasteiger charge is 2.45. The monoisotopic (exact) mass is 759 g/mol. The lowest BCUT2D eigenvalue weighted by Gasteiger charge is -2.38. The van der Waals surface area contributed by atoms with Gasteiger partial charge in [-0.05, 0) is 79.6 Å². The first-order valence-electron chi connectivity index (χ1n) is 17.0. The molecule has 0 aliphatic carbocycles. The maximum absolute atomic E-state index is 14.9. The van der Waals surface area contributed by atoms with Gasteiger partial charge in [0.15, 0.2) is 11.5 Å². The first-order valence-corrected chi connectivity index (χ1v) is 17.8. The molecular formula is C39H39Cl2N5O7. The molecule has 0 aromatic heterocycles. The molecule has 2 aliphatic heterocycles. The zero-order valence-corrected chi connectivity index (χ0v) is 30.8. The van der Waals surface area contributed by atoms with Gasteiger partial charge in [-0.15, -0.1) is 0 Å². The van der Waals surface area contributed by atoms with Crippen molar-refractivity contribution in [1.82, 2.24) is 20.0 Å². The predicted octanol–water partition coefficient (Wildman–Crippen LogP) is 6.44. The lowest BCUT2D eigenvalue weighted by Crippen LogP contribution is -2.57. The van der Waals surface area contributed by atoms with E-state index in [-0.39, 0.29) is 56.0 Å². The van der Waals surface area contributed by atoms with Gasteiger partial charge in [0, 0.05) is 47.9 Å². The molecule has 1 fully saturated rings. The molecule has 2 aliphatic rings. The van der Waals surface area contributed by atoms with Crippen molar-refractivity contribution in [3.8, 4) is 23.0 Å². The highest BCUT2D eigenvalue weighted by atomic mass is 35.5. The van der Waals surface area contributed by atoms with Crippen molar-refractivity contribution in [2.24, 2.45) is 4.99 Å². The molecule has 6 rings (SSSR count). The van der Waals surface area contributed by atoms with E-state index in [1.807, 2.05) is 44.2 Å². The Labute approximate surface area is 317 Å². The first kappa shape index (κ1) is 37.3. The van der Waals surface area contributed by atoms with Crippen molar-refractivity contribution in [3.05, 3.63) is 117 Å². The molecule has 3 N–H and O–H groups in total. The molecule has 0 radical (unpaired) electrons. The molecule has 53 heavy (non-hydrogen) atoms. The van der Waals surface area contributed by atoms with E-state index in [1.54, 1.807) is 53.3 Å². The van der Waals surface area contributed by atoms with Gasteiger partial charge in [0.05, 0.1) is 24.8 Å². The second-order valence-electron chi connectivity index (χ2n) is 12.9. The highest BCUT2D eigenvalue weighted by molar-refractivity contribution is 6.30. The summed E-state index contributed by atoms with van der Waals surface area (Å²) >= 11 is 12.6.